The van der Waals surface area contributed by atoms with Crippen molar-refractivity contribution in [1.82, 2.24) is 9.80 Å². The Hall–Kier alpha value is -1.75. The van der Waals surface area contributed by atoms with E-state index in [-0.39, 0.29) is 11.8 Å². The molecule has 1 aromatic carbocycles. The first kappa shape index (κ1) is 16.6. The second-order valence-corrected chi connectivity index (χ2v) is 5.96. The number of carbonyl (C=O) groups is 2. The predicted molar refractivity (Wildman–Crippen MR) is 88.1 cm³/mol. The van der Waals surface area contributed by atoms with Gasteiger partial charge in [0.1, 0.15) is 0 Å². The number of hydrogen-bond donors (Lipinski definition) is 1. The summed E-state index contributed by atoms with van der Waals surface area (Å²) in [5, 5.41) is 3.93. The number of halogens is 1. The van der Waals surface area contributed by atoms with Crippen LogP contribution in [0.25, 0.3) is 0 Å². The topological polar surface area (TPSA) is 52.7 Å². The number of piperazine rings is 1. The van der Waals surface area contributed by atoms with Crippen LogP contribution in [0, 0.1) is 6.92 Å². The van der Waals surface area contributed by atoms with Crippen molar-refractivity contribution in [1.29, 1.82) is 0 Å². The van der Waals surface area contributed by atoms with E-state index >= 15 is 0 Å². The van der Waals surface area contributed by atoms with Gasteiger partial charge in [-0.25, -0.2) is 0 Å². The van der Waals surface area contributed by atoms with Crippen LogP contribution in [-0.4, -0.2) is 54.3 Å². The van der Waals surface area contributed by atoms with Crippen LogP contribution in [0.2, 0.25) is 5.02 Å². The van der Waals surface area contributed by atoms with Gasteiger partial charge in [-0.1, -0.05) is 17.7 Å². The Kier molecular flexibility index (Phi) is 5.66. The van der Waals surface area contributed by atoms with Gasteiger partial charge in [-0.2, -0.15) is 0 Å². The molecule has 1 aromatic rings. The lowest BCUT2D eigenvalue weighted by atomic mass is 10.2. The monoisotopic (exact) mass is 323 g/mol. The summed E-state index contributed by atoms with van der Waals surface area (Å²) in [6.07, 6.45) is 0.437. The van der Waals surface area contributed by atoms with E-state index < -0.39 is 0 Å². The zero-order valence-electron chi connectivity index (χ0n) is 13.1. The fourth-order valence-electron chi connectivity index (χ4n) is 2.52. The maximum absolute atomic E-state index is 12.2. The number of hydrogen-bond acceptors (Lipinski definition) is 3. The van der Waals surface area contributed by atoms with E-state index in [2.05, 4.69) is 5.32 Å². The first-order valence-corrected chi connectivity index (χ1v) is 7.88. The van der Waals surface area contributed by atoms with E-state index in [9.17, 15) is 9.59 Å². The molecule has 0 radical (unpaired) electrons. The van der Waals surface area contributed by atoms with Gasteiger partial charge in [0.25, 0.3) is 0 Å². The van der Waals surface area contributed by atoms with Gasteiger partial charge in [0.2, 0.25) is 11.8 Å². The molecule has 1 fully saturated rings. The number of nitrogens with one attached hydrogen (secondary N) is 1. The fourth-order valence-corrected chi connectivity index (χ4v) is 2.69. The lowest BCUT2D eigenvalue weighted by Gasteiger charge is -2.34. The summed E-state index contributed by atoms with van der Waals surface area (Å²) < 4.78 is 0. The minimum atomic E-state index is 0.0743. The number of benzene rings is 1. The fraction of sp³-hybridized carbons (Fsp3) is 0.500. The molecule has 0 aliphatic carbocycles. The molecule has 22 heavy (non-hydrogen) atoms. The van der Waals surface area contributed by atoms with Gasteiger partial charge in [-0.15, -0.1) is 0 Å². The molecule has 1 aliphatic heterocycles. The van der Waals surface area contributed by atoms with Crippen molar-refractivity contribution in [2.45, 2.75) is 20.3 Å². The van der Waals surface area contributed by atoms with Crippen molar-refractivity contribution in [3.63, 3.8) is 0 Å². The predicted octanol–water partition coefficient (Wildman–Crippen LogP) is 2.14. The molecule has 0 spiro atoms. The molecule has 0 aromatic heterocycles. The molecule has 6 heteroatoms. The van der Waals surface area contributed by atoms with Crippen LogP contribution in [-0.2, 0) is 9.59 Å². The Morgan fingerprint density at radius 1 is 1.18 bits per heavy atom. The summed E-state index contributed by atoms with van der Waals surface area (Å²) >= 11 is 5.97. The summed E-state index contributed by atoms with van der Waals surface area (Å²) in [5.41, 5.74) is 2.06. The van der Waals surface area contributed by atoms with Gasteiger partial charge in [0.05, 0.1) is 0 Å². The molecule has 0 saturated carbocycles. The number of nitrogens with zero attached hydrogens (tertiary/aromatic N) is 2. The lowest BCUT2D eigenvalue weighted by Crippen LogP contribution is -2.50. The second-order valence-electron chi connectivity index (χ2n) is 5.52. The van der Waals surface area contributed by atoms with Gasteiger partial charge in [0, 0.05) is 56.8 Å². The molecule has 5 nitrogen and oxygen atoms in total. The average Bonchev–Trinajstić information content (AvgIpc) is 2.50. The molecular weight excluding hydrogens is 302 g/mol. The molecule has 0 bridgehead atoms. The average molecular weight is 324 g/mol. The van der Waals surface area contributed by atoms with Gasteiger partial charge >= 0.3 is 0 Å². The van der Waals surface area contributed by atoms with Crippen molar-refractivity contribution < 1.29 is 9.59 Å². The van der Waals surface area contributed by atoms with Gasteiger partial charge < -0.3 is 15.1 Å². The maximum Gasteiger partial charge on any atom is 0.224 e. The molecule has 0 atom stereocenters. The number of rotatable bonds is 4. The normalized spacial score (nSPS) is 14.9. The summed E-state index contributed by atoms with van der Waals surface area (Å²) in [7, 11) is 0. The maximum atomic E-state index is 12.2. The third kappa shape index (κ3) is 4.37. The van der Waals surface area contributed by atoms with Crippen LogP contribution in [0.1, 0.15) is 18.9 Å². The van der Waals surface area contributed by atoms with E-state index in [1.54, 1.807) is 11.8 Å². The summed E-state index contributed by atoms with van der Waals surface area (Å²) in [6.45, 7) is 6.64. The van der Waals surface area contributed by atoms with Gasteiger partial charge in [-0.05, 0) is 24.6 Å². The molecule has 2 amide bonds. The molecule has 1 saturated heterocycles. The number of amides is 2. The van der Waals surface area contributed by atoms with E-state index in [0.717, 1.165) is 11.3 Å². The van der Waals surface area contributed by atoms with Crippen LogP contribution in [0.3, 0.4) is 0 Å². The summed E-state index contributed by atoms with van der Waals surface area (Å²) in [4.78, 5) is 27.0. The Labute approximate surface area is 136 Å². The Bertz CT molecular complexity index is 554. The first-order valence-electron chi connectivity index (χ1n) is 7.50. The highest BCUT2D eigenvalue weighted by molar-refractivity contribution is 6.30. The highest BCUT2D eigenvalue weighted by atomic mass is 35.5. The standard InChI is InChI=1S/C16H22ClN3O2/c1-12-3-4-14(17)11-15(12)18-6-5-16(22)20-9-7-19(8-10-20)13(2)21/h3-4,11,18H,5-10H2,1-2H3. The summed E-state index contributed by atoms with van der Waals surface area (Å²) in [6, 6.07) is 5.67. The number of carbonyl (C=O) groups excluding carboxylic acids is 2. The molecule has 120 valence electrons. The molecule has 1 aliphatic rings. The molecule has 1 N–H and O–H groups in total. The van der Waals surface area contributed by atoms with Crippen molar-refractivity contribution in [3.8, 4) is 0 Å². The van der Waals surface area contributed by atoms with Crippen LogP contribution in [0.5, 0.6) is 0 Å². The Morgan fingerprint density at radius 2 is 1.82 bits per heavy atom. The third-order valence-electron chi connectivity index (χ3n) is 3.93. The Balaban J connectivity index is 1.76. The largest absolute Gasteiger partial charge is 0.384 e. The zero-order valence-corrected chi connectivity index (χ0v) is 13.8. The van der Waals surface area contributed by atoms with Gasteiger partial charge in [-0.3, -0.25) is 9.59 Å². The van der Waals surface area contributed by atoms with E-state index in [0.29, 0.717) is 44.2 Å². The molecule has 2 rings (SSSR count). The van der Waals surface area contributed by atoms with Crippen molar-refractivity contribution in [3.05, 3.63) is 28.8 Å². The van der Waals surface area contributed by atoms with Crippen LogP contribution >= 0.6 is 11.6 Å². The van der Waals surface area contributed by atoms with Gasteiger partial charge in [0.15, 0.2) is 0 Å². The zero-order chi connectivity index (χ0) is 16.1. The minimum Gasteiger partial charge on any atom is -0.384 e. The highest BCUT2D eigenvalue weighted by Crippen LogP contribution is 2.20. The smallest absolute Gasteiger partial charge is 0.224 e. The second kappa shape index (κ2) is 7.49. The molecule has 1 heterocycles. The van der Waals surface area contributed by atoms with Crippen LogP contribution < -0.4 is 5.32 Å². The number of anilines is 1. The Morgan fingerprint density at radius 3 is 2.45 bits per heavy atom. The summed E-state index contributed by atoms with van der Waals surface area (Å²) in [5.74, 6) is 0.195. The molecule has 0 unspecified atom stereocenters. The quantitative estimate of drug-likeness (QED) is 0.923. The van der Waals surface area contributed by atoms with E-state index in [1.165, 1.54) is 0 Å². The van der Waals surface area contributed by atoms with Crippen LogP contribution in [0.15, 0.2) is 18.2 Å². The highest BCUT2D eigenvalue weighted by Gasteiger charge is 2.21. The van der Waals surface area contributed by atoms with E-state index in [1.807, 2.05) is 30.0 Å². The molecular formula is C16H22ClN3O2. The lowest BCUT2D eigenvalue weighted by molar-refractivity contribution is -0.138. The van der Waals surface area contributed by atoms with Crippen molar-refractivity contribution >= 4 is 29.1 Å². The van der Waals surface area contributed by atoms with Crippen LogP contribution in [0.4, 0.5) is 5.69 Å². The first-order chi connectivity index (χ1) is 10.5. The van der Waals surface area contributed by atoms with Crippen molar-refractivity contribution in [2.24, 2.45) is 0 Å². The third-order valence-corrected chi connectivity index (χ3v) is 4.17. The van der Waals surface area contributed by atoms with Crippen molar-refractivity contribution in [2.75, 3.05) is 38.0 Å². The minimum absolute atomic E-state index is 0.0743. The SMILES string of the molecule is CC(=O)N1CCN(C(=O)CCNc2cc(Cl)ccc2C)CC1. The number of aryl methyl sites for hydroxylation is 1. The van der Waals surface area contributed by atoms with E-state index in [4.69, 9.17) is 11.6 Å².